The Morgan fingerprint density at radius 3 is 2.60 bits per heavy atom. The lowest BCUT2D eigenvalue weighted by Gasteiger charge is -2.26. The number of rotatable bonds is 7. The van der Waals surface area contributed by atoms with E-state index < -0.39 is 0 Å². The van der Waals surface area contributed by atoms with Crippen LogP contribution >= 0.6 is 0 Å². The monoisotopic (exact) mass is 280 g/mol. The molecule has 0 radical (unpaired) electrons. The molecule has 0 bridgehead atoms. The fraction of sp³-hybridized carbons (Fsp3) is 0.600. The van der Waals surface area contributed by atoms with Crippen molar-refractivity contribution in [3.63, 3.8) is 0 Å². The van der Waals surface area contributed by atoms with Gasteiger partial charge in [0, 0.05) is 13.1 Å². The molecule has 1 rings (SSSR count). The van der Waals surface area contributed by atoms with Crippen LogP contribution in [-0.2, 0) is 11.4 Å². The van der Waals surface area contributed by atoms with Gasteiger partial charge in [0.05, 0.1) is 18.5 Å². The van der Waals surface area contributed by atoms with E-state index in [0.717, 1.165) is 6.42 Å². The van der Waals surface area contributed by atoms with Crippen LogP contribution in [-0.4, -0.2) is 40.6 Å². The fourth-order valence-electron chi connectivity index (χ4n) is 1.92. The van der Waals surface area contributed by atoms with Crippen LogP contribution in [0.15, 0.2) is 18.3 Å². The first-order chi connectivity index (χ1) is 9.43. The van der Waals surface area contributed by atoms with E-state index in [4.69, 9.17) is 9.84 Å². The highest BCUT2D eigenvalue weighted by Crippen LogP contribution is 2.12. The van der Waals surface area contributed by atoms with E-state index in [1.54, 1.807) is 24.1 Å². The largest absolute Gasteiger partial charge is 0.482 e. The van der Waals surface area contributed by atoms with Crippen molar-refractivity contribution in [2.45, 2.75) is 39.8 Å². The minimum atomic E-state index is -0.103. The second-order valence-electron chi connectivity index (χ2n) is 5.42. The van der Waals surface area contributed by atoms with Gasteiger partial charge in [-0.2, -0.15) is 0 Å². The number of aliphatic hydroxyl groups excluding tert-OH is 1. The number of ether oxygens (including phenoxy) is 1. The molecule has 1 unspecified atom stereocenters. The number of aliphatic hydroxyl groups is 1. The standard InChI is InChI=1S/C15H24N2O3/c1-11(2)7-12(3)17(4)15(19)10-20-14-6-5-13(9-18)16-8-14/h5-6,8,11-12,18H,7,9-10H2,1-4H3. The molecule has 1 heterocycles. The van der Waals surface area contributed by atoms with Gasteiger partial charge in [0.15, 0.2) is 6.61 Å². The Bertz CT molecular complexity index is 418. The third-order valence-corrected chi connectivity index (χ3v) is 3.19. The molecule has 0 saturated heterocycles. The van der Waals surface area contributed by atoms with E-state index in [0.29, 0.717) is 17.4 Å². The second-order valence-corrected chi connectivity index (χ2v) is 5.42. The zero-order valence-electron chi connectivity index (χ0n) is 12.7. The third-order valence-electron chi connectivity index (χ3n) is 3.19. The number of carbonyl (C=O) groups excluding carboxylic acids is 1. The Morgan fingerprint density at radius 1 is 1.40 bits per heavy atom. The summed E-state index contributed by atoms with van der Waals surface area (Å²) in [4.78, 5) is 17.7. The molecule has 1 N–H and O–H groups in total. The van der Waals surface area contributed by atoms with Crippen LogP contribution in [0.3, 0.4) is 0 Å². The van der Waals surface area contributed by atoms with Crippen LogP contribution in [0.2, 0.25) is 0 Å². The molecular formula is C15H24N2O3. The number of nitrogens with zero attached hydrogens (tertiary/aromatic N) is 2. The highest BCUT2D eigenvalue weighted by atomic mass is 16.5. The maximum Gasteiger partial charge on any atom is 0.260 e. The maximum absolute atomic E-state index is 12.0. The Labute approximate surface area is 120 Å². The first kappa shape index (κ1) is 16.4. The first-order valence-electron chi connectivity index (χ1n) is 6.88. The van der Waals surface area contributed by atoms with E-state index in [1.165, 1.54) is 6.20 Å². The number of hydrogen-bond acceptors (Lipinski definition) is 4. The number of carbonyl (C=O) groups is 1. The third kappa shape index (κ3) is 5.17. The van der Waals surface area contributed by atoms with Crippen LogP contribution in [0, 0.1) is 5.92 Å². The molecular weight excluding hydrogens is 256 g/mol. The molecule has 0 aliphatic carbocycles. The van der Waals surface area contributed by atoms with Gasteiger partial charge in [-0.15, -0.1) is 0 Å². The highest BCUT2D eigenvalue weighted by Gasteiger charge is 2.17. The number of amides is 1. The quantitative estimate of drug-likeness (QED) is 0.828. The Balaban J connectivity index is 2.45. The lowest BCUT2D eigenvalue weighted by molar-refractivity contribution is -0.134. The molecule has 1 aromatic rings. The Morgan fingerprint density at radius 2 is 2.10 bits per heavy atom. The van der Waals surface area contributed by atoms with Gasteiger partial charge in [-0.3, -0.25) is 9.78 Å². The average Bonchev–Trinajstić information content (AvgIpc) is 2.43. The lowest BCUT2D eigenvalue weighted by Crippen LogP contribution is -2.38. The van der Waals surface area contributed by atoms with Crippen molar-refractivity contribution in [1.82, 2.24) is 9.88 Å². The molecule has 0 saturated carbocycles. The second kappa shape index (κ2) is 7.85. The summed E-state index contributed by atoms with van der Waals surface area (Å²) in [7, 11) is 1.80. The van der Waals surface area contributed by atoms with Gasteiger partial charge in [0.2, 0.25) is 0 Å². The van der Waals surface area contributed by atoms with E-state index in [1.807, 2.05) is 6.92 Å². The molecule has 1 atom stereocenters. The van der Waals surface area contributed by atoms with Crippen LogP contribution in [0.25, 0.3) is 0 Å². The van der Waals surface area contributed by atoms with Crippen molar-refractivity contribution in [2.75, 3.05) is 13.7 Å². The molecule has 112 valence electrons. The maximum atomic E-state index is 12.0. The minimum Gasteiger partial charge on any atom is -0.482 e. The summed E-state index contributed by atoms with van der Waals surface area (Å²) in [6, 6.07) is 3.56. The zero-order valence-corrected chi connectivity index (χ0v) is 12.7. The van der Waals surface area contributed by atoms with E-state index in [-0.39, 0.29) is 25.2 Å². The molecule has 0 fully saturated rings. The normalized spacial score (nSPS) is 12.3. The molecule has 0 aromatic carbocycles. The molecule has 0 spiro atoms. The van der Waals surface area contributed by atoms with Crippen molar-refractivity contribution in [1.29, 1.82) is 0 Å². The number of aromatic nitrogens is 1. The smallest absolute Gasteiger partial charge is 0.260 e. The molecule has 1 amide bonds. The Hall–Kier alpha value is -1.62. The number of pyridine rings is 1. The van der Waals surface area contributed by atoms with Gasteiger partial charge in [-0.05, 0) is 31.4 Å². The highest BCUT2D eigenvalue weighted by molar-refractivity contribution is 5.77. The summed E-state index contributed by atoms with van der Waals surface area (Å²) in [5, 5.41) is 8.89. The predicted molar refractivity (Wildman–Crippen MR) is 77.3 cm³/mol. The minimum absolute atomic E-state index is 0.000906. The van der Waals surface area contributed by atoms with Crippen LogP contribution in [0.1, 0.15) is 32.9 Å². The van der Waals surface area contributed by atoms with Crippen molar-refractivity contribution in [3.8, 4) is 5.75 Å². The Kier molecular flexibility index (Phi) is 6.45. The lowest BCUT2D eigenvalue weighted by atomic mass is 10.0. The van der Waals surface area contributed by atoms with Crippen molar-refractivity contribution >= 4 is 5.91 Å². The summed E-state index contributed by atoms with van der Waals surface area (Å²) in [5.74, 6) is 1.03. The summed E-state index contributed by atoms with van der Waals surface area (Å²) in [6.45, 7) is 6.21. The molecule has 20 heavy (non-hydrogen) atoms. The molecule has 0 aliphatic rings. The van der Waals surface area contributed by atoms with Gasteiger partial charge in [0.1, 0.15) is 5.75 Å². The topological polar surface area (TPSA) is 62.7 Å². The van der Waals surface area contributed by atoms with Gasteiger partial charge >= 0.3 is 0 Å². The van der Waals surface area contributed by atoms with Crippen LogP contribution in [0.5, 0.6) is 5.75 Å². The van der Waals surface area contributed by atoms with E-state index >= 15 is 0 Å². The van der Waals surface area contributed by atoms with Crippen LogP contribution < -0.4 is 4.74 Å². The van der Waals surface area contributed by atoms with Gasteiger partial charge < -0.3 is 14.7 Å². The first-order valence-corrected chi connectivity index (χ1v) is 6.88. The summed E-state index contributed by atoms with van der Waals surface area (Å²) in [6.07, 6.45) is 2.48. The summed E-state index contributed by atoms with van der Waals surface area (Å²) < 4.78 is 5.41. The van der Waals surface area contributed by atoms with Crippen LogP contribution in [0.4, 0.5) is 0 Å². The summed E-state index contributed by atoms with van der Waals surface area (Å²) >= 11 is 0. The summed E-state index contributed by atoms with van der Waals surface area (Å²) in [5.41, 5.74) is 0.575. The molecule has 5 heteroatoms. The van der Waals surface area contributed by atoms with Gasteiger partial charge in [-0.25, -0.2) is 0 Å². The van der Waals surface area contributed by atoms with Crippen molar-refractivity contribution < 1.29 is 14.6 Å². The zero-order chi connectivity index (χ0) is 15.1. The van der Waals surface area contributed by atoms with Crippen molar-refractivity contribution in [2.24, 2.45) is 5.92 Å². The van der Waals surface area contributed by atoms with Gasteiger partial charge in [0.25, 0.3) is 5.91 Å². The van der Waals surface area contributed by atoms with Gasteiger partial charge in [-0.1, -0.05) is 13.8 Å². The number of likely N-dealkylation sites (N-methyl/N-ethyl adjacent to an activating group) is 1. The predicted octanol–water partition coefficient (Wildman–Crippen LogP) is 1.85. The SMILES string of the molecule is CC(C)CC(C)N(C)C(=O)COc1ccc(CO)nc1. The molecule has 1 aromatic heterocycles. The van der Waals surface area contributed by atoms with E-state index in [2.05, 4.69) is 18.8 Å². The fourth-order valence-corrected chi connectivity index (χ4v) is 1.92. The average molecular weight is 280 g/mol. The van der Waals surface area contributed by atoms with E-state index in [9.17, 15) is 4.79 Å². The molecule has 5 nitrogen and oxygen atoms in total. The molecule has 0 aliphatic heterocycles. The number of hydrogen-bond donors (Lipinski definition) is 1. The van der Waals surface area contributed by atoms with Crippen molar-refractivity contribution in [3.05, 3.63) is 24.0 Å².